The molecule has 6 nitrogen and oxygen atoms in total. The van der Waals surface area contributed by atoms with Gasteiger partial charge in [-0.15, -0.1) is 35.3 Å². The Balaban J connectivity index is 0.00000280. The molecule has 0 aliphatic carbocycles. The number of hydrogen-bond donors (Lipinski definition) is 1. The standard InChI is InChI=1S/C19H32N4O2S2.HI/c1-5-20-18(23-9-11-27(24,25)19(3,4)14-23)21-12-15(2)22-8-6-17-16(13-22)7-10-26-17;/h7,10,15H,5-6,8-9,11-14H2,1-4H3,(H,20,21);1H. The molecular formula is C19H33IN4O2S2. The van der Waals surface area contributed by atoms with Crippen molar-refractivity contribution in [3.63, 3.8) is 0 Å². The minimum atomic E-state index is -3.05. The van der Waals surface area contributed by atoms with Crippen LogP contribution in [0, 0.1) is 0 Å². The third-order valence-electron chi connectivity index (χ3n) is 5.64. The normalized spacial score (nSPS) is 22.9. The predicted octanol–water partition coefficient (Wildman–Crippen LogP) is 2.59. The summed E-state index contributed by atoms with van der Waals surface area (Å²) in [6, 6.07) is 2.59. The second-order valence-electron chi connectivity index (χ2n) is 8.13. The SMILES string of the molecule is CCNC(=NCC(C)N1CCc2sccc2C1)N1CCS(=O)(=O)C(C)(C)C1.I. The highest BCUT2D eigenvalue weighted by atomic mass is 127. The molecule has 3 heterocycles. The van der Waals surface area contributed by atoms with Crippen LogP contribution in [0.5, 0.6) is 0 Å². The van der Waals surface area contributed by atoms with E-state index >= 15 is 0 Å². The number of aliphatic imine (C=N–C) groups is 1. The first-order valence-corrected chi connectivity index (χ1v) is 12.3. The highest BCUT2D eigenvalue weighted by Crippen LogP contribution is 2.26. The summed E-state index contributed by atoms with van der Waals surface area (Å²) >= 11 is 1.86. The molecule has 160 valence electrons. The Labute approximate surface area is 190 Å². The molecule has 0 radical (unpaired) electrons. The highest BCUT2D eigenvalue weighted by Gasteiger charge is 2.41. The van der Waals surface area contributed by atoms with Crippen LogP contribution in [-0.2, 0) is 22.8 Å². The number of thiophene rings is 1. The summed E-state index contributed by atoms with van der Waals surface area (Å²) in [5, 5.41) is 5.54. The number of rotatable bonds is 4. The predicted molar refractivity (Wildman–Crippen MR) is 129 cm³/mol. The maximum Gasteiger partial charge on any atom is 0.194 e. The van der Waals surface area contributed by atoms with Gasteiger partial charge in [0.2, 0.25) is 0 Å². The molecule has 0 saturated carbocycles. The number of hydrogen-bond acceptors (Lipinski definition) is 5. The van der Waals surface area contributed by atoms with Crippen molar-refractivity contribution >= 4 is 51.1 Å². The zero-order chi connectivity index (χ0) is 19.7. The fourth-order valence-electron chi connectivity index (χ4n) is 3.73. The first-order valence-electron chi connectivity index (χ1n) is 9.78. The number of fused-ring (bicyclic) bond motifs is 1. The molecule has 1 atom stereocenters. The maximum atomic E-state index is 12.3. The Morgan fingerprint density at radius 2 is 2.14 bits per heavy atom. The quantitative estimate of drug-likeness (QED) is 0.362. The Hall–Kier alpha value is -0.390. The molecule has 2 aliphatic heterocycles. The van der Waals surface area contributed by atoms with Crippen molar-refractivity contribution < 1.29 is 8.42 Å². The van der Waals surface area contributed by atoms with Crippen LogP contribution in [-0.4, -0.2) is 73.4 Å². The van der Waals surface area contributed by atoms with Crippen LogP contribution in [0.4, 0.5) is 0 Å². The first-order chi connectivity index (χ1) is 12.7. The zero-order valence-corrected chi connectivity index (χ0v) is 21.2. The molecule has 1 aromatic heterocycles. The van der Waals surface area contributed by atoms with Gasteiger partial charge < -0.3 is 10.2 Å². The monoisotopic (exact) mass is 540 g/mol. The summed E-state index contributed by atoms with van der Waals surface area (Å²) in [5.41, 5.74) is 1.46. The molecule has 1 N–H and O–H groups in total. The number of sulfone groups is 1. The number of nitrogens with one attached hydrogen (secondary N) is 1. The van der Waals surface area contributed by atoms with Crippen LogP contribution in [0.25, 0.3) is 0 Å². The number of guanidine groups is 1. The lowest BCUT2D eigenvalue weighted by Gasteiger charge is -2.39. The molecule has 1 unspecified atom stereocenters. The molecule has 0 bridgehead atoms. The molecule has 0 spiro atoms. The molecule has 2 aliphatic rings. The van der Waals surface area contributed by atoms with E-state index in [4.69, 9.17) is 4.99 Å². The molecule has 0 amide bonds. The largest absolute Gasteiger partial charge is 0.357 e. The average molecular weight is 541 g/mol. The van der Waals surface area contributed by atoms with Crippen molar-refractivity contribution in [3.05, 3.63) is 21.9 Å². The van der Waals surface area contributed by atoms with Gasteiger partial charge in [-0.2, -0.15) is 0 Å². The summed E-state index contributed by atoms with van der Waals surface area (Å²) in [4.78, 5) is 11.0. The van der Waals surface area contributed by atoms with Gasteiger partial charge in [-0.1, -0.05) is 0 Å². The van der Waals surface area contributed by atoms with Crippen molar-refractivity contribution in [2.75, 3.05) is 38.5 Å². The van der Waals surface area contributed by atoms with Gasteiger partial charge in [-0.3, -0.25) is 9.89 Å². The zero-order valence-electron chi connectivity index (χ0n) is 17.3. The highest BCUT2D eigenvalue weighted by molar-refractivity contribution is 14.0. The van der Waals surface area contributed by atoms with Crippen LogP contribution in [0.1, 0.15) is 38.1 Å². The molecule has 1 fully saturated rings. The molecule has 0 aromatic carbocycles. The lowest BCUT2D eigenvalue weighted by atomic mass is 10.1. The lowest BCUT2D eigenvalue weighted by Crippen LogP contribution is -2.57. The van der Waals surface area contributed by atoms with Gasteiger partial charge in [-0.25, -0.2) is 8.42 Å². The van der Waals surface area contributed by atoms with Crippen LogP contribution in [0.3, 0.4) is 0 Å². The van der Waals surface area contributed by atoms with Gasteiger partial charge in [-0.05, 0) is 51.1 Å². The maximum absolute atomic E-state index is 12.3. The molecule has 28 heavy (non-hydrogen) atoms. The van der Waals surface area contributed by atoms with Crippen LogP contribution in [0.2, 0.25) is 0 Å². The fourth-order valence-corrected chi connectivity index (χ4v) is 5.99. The van der Waals surface area contributed by atoms with Gasteiger partial charge in [0.1, 0.15) is 0 Å². The van der Waals surface area contributed by atoms with E-state index in [1.165, 1.54) is 10.4 Å². The van der Waals surface area contributed by atoms with E-state index in [0.717, 1.165) is 32.0 Å². The third kappa shape index (κ3) is 5.20. The second kappa shape index (κ2) is 9.61. The van der Waals surface area contributed by atoms with E-state index < -0.39 is 14.6 Å². The summed E-state index contributed by atoms with van der Waals surface area (Å²) in [7, 11) is -3.05. The average Bonchev–Trinajstić information content (AvgIpc) is 3.08. The minimum Gasteiger partial charge on any atom is -0.357 e. The van der Waals surface area contributed by atoms with Gasteiger partial charge >= 0.3 is 0 Å². The van der Waals surface area contributed by atoms with Gasteiger partial charge in [0.05, 0.1) is 17.0 Å². The van der Waals surface area contributed by atoms with E-state index in [9.17, 15) is 8.42 Å². The Morgan fingerprint density at radius 1 is 1.39 bits per heavy atom. The van der Waals surface area contributed by atoms with E-state index in [1.54, 1.807) is 0 Å². The number of nitrogens with zero attached hydrogens (tertiary/aromatic N) is 3. The summed E-state index contributed by atoms with van der Waals surface area (Å²) < 4.78 is 23.8. The van der Waals surface area contributed by atoms with Gasteiger partial charge in [0.25, 0.3) is 0 Å². The smallest absolute Gasteiger partial charge is 0.194 e. The fraction of sp³-hybridized carbons (Fsp3) is 0.737. The van der Waals surface area contributed by atoms with Crippen molar-refractivity contribution in [2.24, 2.45) is 4.99 Å². The van der Waals surface area contributed by atoms with Crippen molar-refractivity contribution in [1.29, 1.82) is 0 Å². The second-order valence-corrected chi connectivity index (χ2v) is 11.9. The summed E-state index contributed by atoms with van der Waals surface area (Å²) in [6.45, 7) is 12.5. The van der Waals surface area contributed by atoms with Crippen molar-refractivity contribution in [1.82, 2.24) is 15.1 Å². The van der Waals surface area contributed by atoms with Crippen molar-refractivity contribution in [3.8, 4) is 0 Å². The van der Waals surface area contributed by atoms with E-state index in [1.807, 2.05) is 32.1 Å². The van der Waals surface area contributed by atoms with Crippen molar-refractivity contribution in [2.45, 2.75) is 51.4 Å². The summed E-state index contributed by atoms with van der Waals surface area (Å²) in [5.74, 6) is 1.02. The van der Waals surface area contributed by atoms with E-state index in [2.05, 4.69) is 33.5 Å². The lowest BCUT2D eigenvalue weighted by molar-refractivity contribution is 0.196. The van der Waals surface area contributed by atoms with Crippen LogP contribution in [0.15, 0.2) is 16.4 Å². The molecule has 9 heteroatoms. The molecular weight excluding hydrogens is 507 g/mol. The number of halogens is 1. The molecule has 1 aromatic rings. The molecule has 1 saturated heterocycles. The first kappa shape index (κ1) is 23.9. The minimum absolute atomic E-state index is 0. The Morgan fingerprint density at radius 3 is 2.82 bits per heavy atom. The topological polar surface area (TPSA) is 65.0 Å². The van der Waals surface area contributed by atoms with E-state index in [-0.39, 0.29) is 29.7 Å². The van der Waals surface area contributed by atoms with Gasteiger partial charge in [0.15, 0.2) is 15.8 Å². The van der Waals surface area contributed by atoms with Crippen LogP contribution < -0.4 is 5.32 Å². The third-order valence-corrected chi connectivity index (χ3v) is 9.20. The Kier molecular flexibility index (Phi) is 8.20. The van der Waals surface area contributed by atoms with Gasteiger partial charge in [0, 0.05) is 43.6 Å². The summed E-state index contributed by atoms with van der Waals surface area (Å²) in [6.07, 6.45) is 1.12. The molecule has 3 rings (SSSR count). The Bertz CT molecular complexity index is 792. The van der Waals surface area contributed by atoms with E-state index in [0.29, 0.717) is 25.7 Å². The van der Waals surface area contributed by atoms with Crippen LogP contribution >= 0.6 is 35.3 Å².